The minimum absolute atomic E-state index is 0.0300. The number of unbranched alkanes of at least 4 members (excludes halogenated alkanes) is 8. The third-order valence-corrected chi connectivity index (χ3v) is 5.97. The SMILES string of the molecule is CC(C)CCCCOC(=O)CCCCCCCCCC(C)CC(=O)OCCCCC(C)C. The first kappa shape index (κ1) is 30.9. The number of hydrogen-bond acceptors (Lipinski definition) is 4. The molecule has 4 heteroatoms. The molecule has 0 aliphatic heterocycles. The summed E-state index contributed by atoms with van der Waals surface area (Å²) in [5.41, 5.74) is 0. The van der Waals surface area contributed by atoms with Crippen LogP contribution in [0.5, 0.6) is 0 Å². The molecule has 32 heavy (non-hydrogen) atoms. The van der Waals surface area contributed by atoms with Crippen molar-refractivity contribution < 1.29 is 19.1 Å². The lowest BCUT2D eigenvalue weighted by Crippen LogP contribution is -2.10. The molecular weight excluding hydrogens is 400 g/mol. The van der Waals surface area contributed by atoms with E-state index in [0.717, 1.165) is 56.8 Å². The van der Waals surface area contributed by atoms with Gasteiger partial charge in [0.25, 0.3) is 0 Å². The minimum atomic E-state index is -0.0314. The normalized spacial score (nSPS) is 12.3. The highest BCUT2D eigenvalue weighted by Gasteiger charge is 2.10. The number of esters is 2. The van der Waals surface area contributed by atoms with E-state index in [2.05, 4.69) is 34.6 Å². The first-order valence-electron chi connectivity index (χ1n) is 13.6. The van der Waals surface area contributed by atoms with Gasteiger partial charge in [0.15, 0.2) is 0 Å². The predicted molar refractivity (Wildman–Crippen MR) is 135 cm³/mol. The number of rotatable bonds is 22. The molecule has 0 bridgehead atoms. The number of carbonyl (C=O) groups excluding carboxylic acids is 2. The van der Waals surface area contributed by atoms with E-state index in [1.54, 1.807) is 0 Å². The Labute approximate surface area is 199 Å². The highest BCUT2D eigenvalue weighted by atomic mass is 16.5. The van der Waals surface area contributed by atoms with E-state index < -0.39 is 0 Å². The van der Waals surface area contributed by atoms with Crippen molar-refractivity contribution in [1.29, 1.82) is 0 Å². The molecule has 0 saturated heterocycles. The van der Waals surface area contributed by atoms with E-state index in [0.29, 0.717) is 32.0 Å². The molecular formula is C28H54O4. The highest BCUT2D eigenvalue weighted by molar-refractivity contribution is 5.69. The Hall–Kier alpha value is -1.06. The van der Waals surface area contributed by atoms with Crippen LogP contribution in [0.2, 0.25) is 0 Å². The Bertz CT molecular complexity index is 445. The Balaban J connectivity index is 3.39. The summed E-state index contributed by atoms with van der Waals surface area (Å²) < 4.78 is 10.7. The summed E-state index contributed by atoms with van der Waals surface area (Å²) in [6, 6.07) is 0. The van der Waals surface area contributed by atoms with Crippen molar-refractivity contribution in [2.24, 2.45) is 17.8 Å². The van der Waals surface area contributed by atoms with E-state index in [9.17, 15) is 9.59 Å². The zero-order valence-electron chi connectivity index (χ0n) is 22.1. The molecule has 0 N–H and O–H groups in total. The largest absolute Gasteiger partial charge is 0.466 e. The van der Waals surface area contributed by atoms with Crippen LogP contribution in [-0.4, -0.2) is 25.2 Å². The van der Waals surface area contributed by atoms with Gasteiger partial charge in [0, 0.05) is 12.8 Å². The molecule has 0 aromatic rings. The van der Waals surface area contributed by atoms with Gasteiger partial charge >= 0.3 is 11.9 Å². The Morgan fingerprint density at radius 3 is 1.50 bits per heavy atom. The molecule has 4 nitrogen and oxygen atoms in total. The van der Waals surface area contributed by atoms with Crippen LogP contribution >= 0.6 is 0 Å². The quantitative estimate of drug-likeness (QED) is 0.122. The second kappa shape index (κ2) is 21.8. The Morgan fingerprint density at radius 1 is 0.531 bits per heavy atom. The zero-order chi connectivity index (χ0) is 24.0. The van der Waals surface area contributed by atoms with Crippen LogP contribution in [0.3, 0.4) is 0 Å². The molecule has 0 aromatic heterocycles. The van der Waals surface area contributed by atoms with Crippen LogP contribution < -0.4 is 0 Å². The summed E-state index contributed by atoms with van der Waals surface area (Å²) >= 11 is 0. The van der Waals surface area contributed by atoms with Crippen LogP contribution in [0, 0.1) is 17.8 Å². The van der Waals surface area contributed by atoms with Crippen molar-refractivity contribution in [3.63, 3.8) is 0 Å². The van der Waals surface area contributed by atoms with E-state index in [1.165, 1.54) is 44.9 Å². The van der Waals surface area contributed by atoms with E-state index in [4.69, 9.17) is 9.47 Å². The van der Waals surface area contributed by atoms with Crippen molar-refractivity contribution in [2.45, 2.75) is 137 Å². The average Bonchev–Trinajstić information content (AvgIpc) is 2.71. The van der Waals surface area contributed by atoms with Crippen LogP contribution in [-0.2, 0) is 19.1 Å². The standard InChI is InChI=1S/C28H54O4/c1-24(2)17-13-15-21-31-27(29)20-12-10-8-6-7-9-11-19-26(5)23-28(30)32-22-16-14-18-25(3)4/h24-26H,6-23H2,1-5H3. The molecule has 0 aliphatic rings. The smallest absolute Gasteiger partial charge is 0.306 e. The third kappa shape index (κ3) is 23.6. The summed E-state index contributed by atoms with van der Waals surface area (Å²) in [7, 11) is 0. The van der Waals surface area contributed by atoms with Crippen LogP contribution in [0.25, 0.3) is 0 Å². The maximum absolute atomic E-state index is 11.9. The molecule has 0 rings (SSSR count). The summed E-state index contributed by atoms with van der Waals surface area (Å²) in [6.45, 7) is 12.2. The Morgan fingerprint density at radius 2 is 0.969 bits per heavy atom. The van der Waals surface area contributed by atoms with E-state index in [-0.39, 0.29) is 11.9 Å². The highest BCUT2D eigenvalue weighted by Crippen LogP contribution is 2.16. The monoisotopic (exact) mass is 454 g/mol. The first-order chi connectivity index (χ1) is 15.3. The van der Waals surface area contributed by atoms with E-state index in [1.807, 2.05) is 0 Å². The molecule has 1 unspecified atom stereocenters. The lowest BCUT2D eigenvalue weighted by Gasteiger charge is -2.11. The second-order valence-corrected chi connectivity index (χ2v) is 10.5. The summed E-state index contributed by atoms with van der Waals surface area (Å²) in [5, 5.41) is 0. The molecule has 0 saturated carbocycles. The fourth-order valence-corrected chi connectivity index (χ4v) is 3.84. The van der Waals surface area contributed by atoms with Crippen molar-refractivity contribution in [3.05, 3.63) is 0 Å². The molecule has 0 spiro atoms. The molecule has 190 valence electrons. The number of ether oxygens (including phenoxy) is 2. The van der Waals surface area contributed by atoms with Crippen LogP contribution in [0.1, 0.15) is 137 Å². The molecule has 1 atom stereocenters. The maximum Gasteiger partial charge on any atom is 0.306 e. The summed E-state index contributed by atoms with van der Waals surface area (Å²) in [5.74, 6) is 1.80. The van der Waals surface area contributed by atoms with Crippen molar-refractivity contribution in [1.82, 2.24) is 0 Å². The Kier molecular flexibility index (Phi) is 21.0. The minimum Gasteiger partial charge on any atom is -0.466 e. The third-order valence-electron chi connectivity index (χ3n) is 5.97. The number of hydrogen-bond donors (Lipinski definition) is 0. The lowest BCUT2D eigenvalue weighted by atomic mass is 9.99. The molecule has 0 aliphatic carbocycles. The average molecular weight is 455 g/mol. The van der Waals surface area contributed by atoms with Gasteiger partial charge in [-0.2, -0.15) is 0 Å². The van der Waals surface area contributed by atoms with Crippen molar-refractivity contribution >= 4 is 11.9 Å². The fraction of sp³-hybridized carbons (Fsp3) is 0.929. The zero-order valence-corrected chi connectivity index (χ0v) is 22.1. The second-order valence-electron chi connectivity index (χ2n) is 10.5. The van der Waals surface area contributed by atoms with Crippen LogP contribution in [0.15, 0.2) is 0 Å². The van der Waals surface area contributed by atoms with Gasteiger partial charge in [-0.1, -0.05) is 92.4 Å². The lowest BCUT2D eigenvalue weighted by molar-refractivity contribution is -0.145. The van der Waals surface area contributed by atoms with Gasteiger partial charge in [-0.3, -0.25) is 9.59 Å². The molecule has 0 fully saturated rings. The van der Waals surface area contributed by atoms with Gasteiger partial charge in [0.1, 0.15) is 0 Å². The van der Waals surface area contributed by atoms with Gasteiger partial charge in [-0.05, 0) is 49.9 Å². The molecule has 0 radical (unpaired) electrons. The molecule has 0 amide bonds. The maximum atomic E-state index is 11.9. The summed E-state index contributed by atoms with van der Waals surface area (Å²) in [6.07, 6.45) is 17.0. The molecule has 0 aromatic carbocycles. The van der Waals surface area contributed by atoms with Gasteiger partial charge in [-0.25, -0.2) is 0 Å². The van der Waals surface area contributed by atoms with Gasteiger partial charge in [0.05, 0.1) is 13.2 Å². The van der Waals surface area contributed by atoms with Crippen LogP contribution in [0.4, 0.5) is 0 Å². The first-order valence-corrected chi connectivity index (χ1v) is 13.6. The predicted octanol–water partition coefficient (Wildman–Crippen LogP) is 8.26. The topological polar surface area (TPSA) is 52.6 Å². The van der Waals surface area contributed by atoms with Crippen molar-refractivity contribution in [3.8, 4) is 0 Å². The number of carbonyl (C=O) groups is 2. The van der Waals surface area contributed by atoms with Crippen molar-refractivity contribution in [2.75, 3.05) is 13.2 Å². The van der Waals surface area contributed by atoms with Gasteiger partial charge in [0.2, 0.25) is 0 Å². The fourth-order valence-electron chi connectivity index (χ4n) is 3.84. The summed E-state index contributed by atoms with van der Waals surface area (Å²) in [4.78, 5) is 23.6. The van der Waals surface area contributed by atoms with E-state index >= 15 is 0 Å². The van der Waals surface area contributed by atoms with Gasteiger partial charge in [-0.15, -0.1) is 0 Å². The van der Waals surface area contributed by atoms with Gasteiger partial charge < -0.3 is 9.47 Å². The molecule has 0 heterocycles.